The first kappa shape index (κ1) is 20.7. The number of sulfonamides is 1. The Labute approximate surface area is 172 Å². The van der Waals surface area contributed by atoms with Crippen LogP contribution in [0.3, 0.4) is 0 Å². The lowest BCUT2D eigenvalue weighted by molar-refractivity contribution is 0.432. The van der Waals surface area contributed by atoms with Crippen molar-refractivity contribution in [3.8, 4) is 34.5 Å². The molecule has 0 aliphatic rings. The van der Waals surface area contributed by atoms with Gasteiger partial charge in [0.2, 0.25) is 10.0 Å². The van der Waals surface area contributed by atoms with Crippen LogP contribution in [-0.4, -0.2) is 46.3 Å². The fourth-order valence-electron chi connectivity index (χ4n) is 2.79. The first-order valence-corrected chi connectivity index (χ1v) is 10.3. The number of phenolic OH excluding ortho intramolecular Hbond substituents is 2. The number of aromatic nitrogens is 2. The quantitative estimate of drug-likeness (QED) is 0.617. The maximum absolute atomic E-state index is 12.8. The van der Waals surface area contributed by atoms with Gasteiger partial charge >= 0.3 is 0 Å². The average Bonchev–Trinajstić information content (AvgIpc) is 3.15. The molecular formula is C19H17ClN4O4S. The van der Waals surface area contributed by atoms with E-state index in [-0.39, 0.29) is 24.3 Å². The summed E-state index contributed by atoms with van der Waals surface area (Å²) in [5, 5.41) is 33.9. The molecule has 0 radical (unpaired) electrons. The van der Waals surface area contributed by atoms with Crippen molar-refractivity contribution in [2.45, 2.75) is 11.3 Å². The molecule has 0 saturated heterocycles. The number of aromatic hydroxyl groups is 2. The van der Waals surface area contributed by atoms with E-state index in [1.807, 2.05) is 6.07 Å². The van der Waals surface area contributed by atoms with Crippen molar-refractivity contribution in [1.29, 1.82) is 5.26 Å². The number of halogens is 1. The van der Waals surface area contributed by atoms with Gasteiger partial charge in [0.05, 0.1) is 28.7 Å². The van der Waals surface area contributed by atoms with E-state index in [2.05, 4.69) is 5.10 Å². The highest BCUT2D eigenvalue weighted by molar-refractivity contribution is 7.89. The van der Waals surface area contributed by atoms with E-state index in [1.54, 1.807) is 30.3 Å². The summed E-state index contributed by atoms with van der Waals surface area (Å²) < 4.78 is 28.1. The standard InChI is InChI=1S/C19H17ClN4O4S/c1-23(10-4-8-21)29(27,28)19-11-13(17(25)12-18(19)26)15-7-9-22-24(15)16-6-3-2-5-14(16)20/h2-3,5-7,9,11-12,25-26H,4,10H2,1H3. The number of phenols is 2. The van der Waals surface area contributed by atoms with Crippen molar-refractivity contribution < 1.29 is 18.6 Å². The Kier molecular flexibility index (Phi) is 5.79. The summed E-state index contributed by atoms with van der Waals surface area (Å²) in [5.41, 5.74) is 1.07. The number of rotatable bonds is 6. The summed E-state index contributed by atoms with van der Waals surface area (Å²) >= 11 is 6.24. The monoisotopic (exact) mass is 432 g/mol. The lowest BCUT2D eigenvalue weighted by atomic mass is 10.1. The Morgan fingerprint density at radius 2 is 1.93 bits per heavy atom. The molecule has 0 fully saturated rings. The molecule has 0 unspecified atom stereocenters. The predicted octanol–water partition coefficient (Wildman–Crippen LogP) is 3.14. The minimum Gasteiger partial charge on any atom is -0.507 e. The fourth-order valence-corrected chi connectivity index (χ4v) is 4.26. The third-order valence-electron chi connectivity index (χ3n) is 4.30. The van der Waals surface area contributed by atoms with E-state index >= 15 is 0 Å². The Morgan fingerprint density at radius 3 is 2.62 bits per heavy atom. The van der Waals surface area contributed by atoms with Crippen LogP contribution in [-0.2, 0) is 10.0 Å². The first-order valence-electron chi connectivity index (χ1n) is 8.46. The van der Waals surface area contributed by atoms with E-state index in [9.17, 15) is 18.6 Å². The zero-order chi connectivity index (χ0) is 21.2. The van der Waals surface area contributed by atoms with Crippen LogP contribution in [0.2, 0.25) is 5.02 Å². The Hall–Kier alpha value is -3.06. The zero-order valence-corrected chi connectivity index (χ0v) is 16.9. The summed E-state index contributed by atoms with van der Waals surface area (Å²) in [7, 11) is -2.78. The first-order chi connectivity index (χ1) is 13.8. The van der Waals surface area contributed by atoms with Gasteiger partial charge < -0.3 is 10.2 Å². The molecule has 3 aromatic rings. The second-order valence-electron chi connectivity index (χ2n) is 6.15. The second kappa shape index (κ2) is 8.13. The molecule has 2 aromatic carbocycles. The average molecular weight is 433 g/mol. The third kappa shape index (κ3) is 3.91. The van der Waals surface area contributed by atoms with Crippen molar-refractivity contribution in [3.05, 3.63) is 53.7 Å². The van der Waals surface area contributed by atoms with Crippen molar-refractivity contribution in [2.24, 2.45) is 0 Å². The van der Waals surface area contributed by atoms with Crippen LogP contribution >= 0.6 is 11.6 Å². The summed E-state index contributed by atoms with van der Waals surface area (Å²) in [4.78, 5) is -0.391. The van der Waals surface area contributed by atoms with E-state index in [0.717, 1.165) is 10.4 Å². The van der Waals surface area contributed by atoms with Crippen molar-refractivity contribution in [2.75, 3.05) is 13.6 Å². The smallest absolute Gasteiger partial charge is 0.246 e. The lowest BCUT2D eigenvalue weighted by Gasteiger charge is -2.18. The van der Waals surface area contributed by atoms with Gasteiger partial charge in [-0.25, -0.2) is 13.1 Å². The SMILES string of the molecule is CN(CCC#N)S(=O)(=O)c1cc(-c2ccnn2-c2ccccc2Cl)c(O)cc1O. The second-order valence-corrected chi connectivity index (χ2v) is 8.57. The molecule has 29 heavy (non-hydrogen) atoms. The predicted molar refractivity (Wildman–Crippen MR) is 107 cm³/mol. The summed E-state index contributed by atoms with van der Waals surface area (Å²) in [6.45, 7) is -0.0357. The summed E-state index contributed by atoms with van der Waals surface area (Å²) in [5.74, 6) is -0.922. The van der Waals surface area contributed by atoms with Crippen LogP contribution in [0.4, 0.5) is 0 Å². The van der Waals surface area contributed by atoms with Gasteiger partial charge in [-0.1, -0.05) is 23.7 Å². The molecule has 0 saturated carbocycles. The van der Waals surface area contributed by atoms with Crippen molar-refractivity contribution >= 4 is 21.6 Å². The van der Waals surface area contributed by atoms with Gasteiger partial charge in [0, 0.05) is 31.6 Å². The molecule has 0 amide bonds. The maximum Gasteiger partial charge on any atom is 0.246 e. The highest BCUT2D eigenvalue weighted by atomic mass is 35.5. The maximum atomic E-state index is 12.8. The fraction of sp³-hybridized carbons (Fsp3) is 0.158. The molecule has 10 heteroatoms. The number of hydrogen-bond donors (Lipinski definition) is 2. The lowest BCUT2D eigenvalue weighted by Crippen LogP contribution is -2.28. The van der Waals surface area contributed by atoms with E-state index < -0.39 is 20.7 Å². The molecule has 3 rings (SSSR count). The molecule has 0 aliphatic heterocycles. The van der Waals surface area contributed by atoms with Crippen LogP contribution in [0.25, 0.3) is 16.9 Å². The Balaban J connectivity index is 2.15. The van der Waals surface area contributed by atoms with Gasteiger partial charge in [0.25, 0.3) is 0 Å². The highest BCUT2D eigenvalue weighted by Crippen LogP contribution is 2.39. The van der Waals surface area contributed by atoms with Gasteiger partial charge in [-0.3, -0.25) is 0 Å². The van der Waals surface area contributed by atoms with Gasteiger partial charge in [-0.05, 0) is 24.3 Å². The van der Waals surface area contributed by atoms with Gasteiger partial charge in [0.1, 0.15) is 16.4 Å². The van der Waals surface area contributed by atoms with Crippen LogP contribution in [0.1, 0.15) is 6.42 Å². The molecule has 0 bridgehead atoms. The van der Waals surface area contributed by atoms with Gasteiger partial charge in [0.15, 0.2) is 0 Å². The minimum atomic E-state index is -4.09. The van der Waals surface area contributed by atoms with E-state index in [1.165, 1.54) is 24.0 Å². The largest absolute Gasteiger partial charge is 0.507 e. The molecule has 1 aromatic heterocycles. The minimum absolute atomic E-state index is 0.000704. The van der Waals surface area contributed by atoms with Crippen LogP contribution in [0.15, 0.2) is 53.6 Å². The van der Waals surface area contributed by atoms with Crippen molar-refractivity contribution in [1.82, 2.24) is 14.1 Å². The Bertz CT molecular complexity index is 1200. The van der Waals surface area contributed by atoms with Gasteiger partial charge in [-0.15, -0.1) is 0 Å². The number of nitrogens with zero attached hydrogens (tertiary/aromatic N) is 4. The zero-order valence-electron chi connectivity index (χ0n) is 15.3. The van der Waals surface area contributed by atoms with Crippen LogP contribution in [0.5, 0.6) is 11.5 Å². The topological polar surface area (TPSA) is 119 Å². The molecule has 0 atom stereocenters. The molecule has 1 heterocycles. The van der Waals surface area contributed by atoms with E-state index in [0.29, 0.717) is 16.4 Å². The Morgan fingerprint density at radius 1 is 1.21 bits per heavy atom. The molecule has 8 nitrogen and oxygen atoms in total. The third-order valence-corrected chi connectivity index (χ3v) is 6.51. The molecule has 2 N–H and O–H groups in total. The molecule has 0 spiro atoms. The number of hydrogen-bond acceptors (Lipinski definition) is 6. The van der Waals surface area contributed by atoms with E-state index in [4.69, 9.17) is 16.9 Å². The number of para-hydroxylation sites is 1. The normalized spacial score (nSPS) is 11.5. The summed E-state index contributed by atoms with van der Waals surface area (Å²) in [6, 6.07) is 12.5. The molecule has 150 valence electrons. The molecule has 0 aliphatic carbocycles. The summed E-state index contributed by atoms with van der Waals surface area (Å²) in [6.07, 6.45) is 1.49. The highest BCUT2D eigenvalue weighted by Gasteiger charge is 2.27. The van der Waals surface area contributed by atoms with Crippen LogP contribution in [0, 0.1) is 11.3 Å². The van der Waals surface area contributed by atoms with Crippen molar-refractivity contribution in [3.63, 3.8) is 0 Å². The van der Waals surface area contributed by atoms with Gasteiger partial charge in [-0.2, -0.15) is 14.7 Å². The number of nitriles is 1. The van der Waals surface area contributed by atoms with Crippen LogP contribution < -0.4 is 0 Å². The number of benzene rings is 2. The molecular weight excluding hydrogens is 416 g/mol.